The molecule has 0 atom stereocenters. The molecule has 1 aromatic carbocycles. The molecular formula is C22H31N3O3. The molecule has 152 valence electrons. The van der Waals surface area contributed by atoms with E-state index in [1.807, 2.05) is 32.0 Å². The largest absolute Gasteiger partial charge is 0.382 e. The lowest BCUT2D eigenvalue weighted by molar-refractivity contribution is -0.137. The molecule has 0 bridgehead atoms. The van der Waals surface area contributed by atoms with Crippen LogP contribution in [0.3, 0.4) is 0 Å². The van der Waals surface area contributed by atoms with Gasteiger partial charge < -0.3 is 14.5 Å². The molecule has 0 radical (unpaired) electrons. The van der Waals surface area contributed by atoms with Gasteiger partial charge in [-0.25, -0.2) is 0 Å². The molecule has 0 spiro atoms. The van der Waals surface area contributed by atoms with Crippen LogP contribution in [0.4, 0.5) is 0 Å². The third-order valence-corrected chi connectivity index (χ3v) is 5.63. The lowest BCUT2D eigenvalue weighted by atomic mass is 9.99. The number of aryl methyl sites for hydroxylation is 2. The number of rotatable bonds is 7. The molecule has 6 nitrogen and oxygen atoms in total. The van der Waals surface area contributed by atoms with Gasteiger partial charge in [-0.2, -0.15) is 0 Å². The lowest BCUT2D eigenvalue weighted by Gasteiger charge is -2.34. The van der Waals surface area contributed by atoms with Gasteiger partial charge in [0.15, 0.2) is 0 Å². The summed E-state index contributed by atoms with van der Waals surface area (Å²) in [4.78, 5) is 32.2. The fraction of sp³-hybridized carbons (Fsp3) is 0.545. The average molecular weight is 386 g/mol. The van der Waals surface area contributed by atoms with Gasteiger partial charge >= 0.3 is 0 Å². The average Bonchev–Trinajstić information content (AvgIpc) is 2.92. The monoisotopic (exact) mass is 385 g/mol. The number of imide groups is 1. The van der Waals surface area contributed by atoms with Crippen molar-refractivity contribution in [1.29, 1.82) is 0 Å². The highest BCUT2D eigenvalue weighted by Crippen LogP contribution is 2.33. The molecule has 0 saturated carbocycles. The van der Waals surface area contributed by atoms with Crippen molar-refractivity contribution in [2.75, 3.05) is 53.0 Å². The Bertz CT molecular complexity index is 779. The number of carbonyl (C=O) groups excluding carboxylic acids is 2. The Labute approximate surface area is 167 Å². The molecule has 1 aromatic rings. The van der Waals surface area contributed by atoms with Gasteiger partial charge in [0.1, 0.15) is 5.70 Å². The summed E-state index contributed by atoms with van der Waals surface area (Å²) in [6, 6.07) is 6.01. The van der Waals surface area contributed by atoms with Crippen LogP contribution in [0.2, 0.25) is 0 Å². The molecule has 0 unspecified atom stereocenters. The molecule has 0 N–H and O–H groups in total. The summed E-state index contributed by atoms with van der Waals surface area (Å²) in [5.41, 5.74) is 4.25. The van der Waals surface area contributed by atoms with Crippen molar-refractivity contribution in [3.63, 3.8) is 0 Å². The summed E-state index contributed by atoms with van der Waals surface area (Å²) in [6.07, 6.45) is 0.654. The van der Waals surface area contributed by atoms with Crippen LogP contribution in [0.15, 0.2) is 23.9 Å². The van der Waals surface area contributed by atoms with Crippen molar-refractivity contribution in [3.8, 4) is 0 Å². The summed E-state index contributed by atoms with van der Waals surface area (Å²) < 4.78 is 5.38. The molecule has 1 fully saturated rings. The number of carbonyl (C=O) groups is 2. The Morgan fingerprint density at radius 1 is 1.00 bits per heavy atom. The summed E-state index contributed by atoms with van der Waals surface area (Å²) in [7, 11) is 2.08. The second-order valence-corrected chi connectivity index (χ2v) is 7.63. The molecule has 2 aliphatic heterocycles. The van der Waals surface area contributed by atoms with Crippen molar-refractivity contribution < 1.29 is 14.3 Å². The first kappa shape index (κ1) is 20.6. The zero-order valence-corrected chi connectivity index (χ0v) is 17.5. The molecule has 1 saturated heterocycles. The number of ether oxygens (including phenoxy) is 1. The first-order valence-corrected chi connectivity index (χ1v) is 10.1. The van der Waals surface area contributed by atoms with E-state index in [0.29, 0.717) is 37.4 Å². The highest BCUT2D eigenvalue weighted by molar-refractivity contribution is 6.35. The Morgan fingerprint density at radius 2 is 1.71 bits per heavy atom. The zero-order chi connectivity index (χ0) is 20.3. The Hall–Kier alpha value is -2.18. The predicted octanol–water partition coefficient (Wildman–Crippen LogP) is 2.06. The molecule has 6 heteroatoms. The van der Waals surface area contributed by atoms with E-state index in [1.165, 1.54) is 10.5 Å². The number of benzene rings is 1. The van der Waals surface area contributed by atoms with Crippen LogP contribution in [0.25, 0.3) is 5.57 Å². The maximum absolute atomic E-state index is 13.3. The Balaban J connectivity index is 1.94. The highest BCUT2D eigenvalue weighted by Gasteiger charge is 2.41. The fourth-order valence-electron chi connectivity index (χ4n) is 3.72. The van der Waals surface area contributed by atoms with Crippen LogP contribution in [0.1, 0.15) is 30.0 Å². The summed E-state index contributed by atoms with van der Waals surface area (Å²) >= 11 is 0. The van der Waals surface area contributed by atoms with Gasteiger partial charge in [0.25, 0.3) is 11.8 Å². The minimum absolute atomic E-state index is 0.167. The third kappa shape index (κ3) is 4.13. The minimum Gasteiger partial charge on any atom is -0.382 e. The molecule has 0 aliphatic carbocycles. The molecular weight excluding hydrogens is 354 g/mol. The SMILES string of the molecule is CCOCCCN1C(=O)C(c2ccc(C)c(C)c2)=C(N2CCN(C)CC2)C1=O. The van der Waals surface area contributed by atoms with Crippen LogP contribution in [-0.4, -0.2) is 79.5 Å². The van der Waals surface area contributed by atoms with Crippen molar-refractivity contribution in [1.82, 2.24) is 14.7 Å². The fourth-order valence-corrected chi connectivity index (χ4v) is 3.72. The number of likely N-dealkylation sites (N-methyl/N-ethyl adjacent to an activating group) is 1. The molecule has 28 heavy (non-hydrogen) atoms. The van der Waals surface area contributed by atoms with Gasteiger partial charge in [0.05, 0.1) is 5.57 Å². The van der Waals surface area contributed by atoms with Gasteiger partial charge in [-0.3, -0.25) is 14.5 Å². The molecule has 3 rings (SSSR count). The van der Waals surface area contributed by atoms with Gasteiger partial charge in [-0.15, -0.1) is 0 Å². The van der Waals surface area contributed by atoms with Crippen LogP contribution in [0, 0.1) is 13.8 Å². The Kier molecular flexibility index (Phi) is 6.52. The van der Waals surface area contributed by atoms with Crippen LogP contribution in [-0.2, 0) is 14.3 Å². The van der Waals surface area contributed by atoms with E-state index in [4.69, 9.17) is 4.74 Å². The first-order chi connectivity index (χ1) is 13.4. The minimum atomic E-state index is -0.182. The molecule has 0 aromatic heterocycles. The van der Waals surface area contributed by atoms with Crippen molar-refractivity contribution in [2.45, 2.75) is 27.2 Å². The van der Waals surface area contributed by atoms with Crippen molar-refractivity contribution >= 4 is 17.4 Å². The maximum atomic E-state index is 13.3. The second kappa shape index (κ2) is 8.88. The van der Waals surface area contributed by atoms with E-state index in [1.54, 1.807) is 0 Å². The van der Waals surface area contributed by atoms with Crippen LogP contribution in [0.5, 0.6) is 0 Å². The standard InChI is InChI=1S/C22H31N3O3/c1-5-28-14-6-9-25-21(26)19(18-8-7-16(2)17(3)15-18)20(22(25)27)24-12-10-23(4)11-13-24/h7-8,15H,5-6,9-14H2,1-4H3. The van der Waals surface area contributed by atoms with E-state index in [-0.39, 0.29) is 11.8 Å². The zero-order valence-electron chi connectivity index (χ0n) is 17.5. The van der Waals surface area contributed by atoms with E-state index < -0.39 is 0 Å². The highest BCUT2D eigenvalue weighted by atomic mass is 16.5. The normalized spacial score (nSPS) is 18.6. The van der Waals surface area contributed by atoms with Gasteiger partial charge in [-0.05, 0) is 50.9 Å². The predicted molar refractivity (Wildman–Crippen MR) is 110 cm³/mol. The second-order valence-electron chi connectivity index (χ2n) is 7.63. The Morgan fingerprint density at radius 3 is 2.36 bits per heavy atom. The summed E-state index contributed by atoms with van der Waals surface area (Å²) in [5.74, 6) is -0.349. The van der Waals surface area contributed by atoms with Gasteiger partial charge in [-0.1, -0.05) is 18.2 Å². The topological polar surface area (TPSA) is 53.1 Å². The number of piperazine rings is 1. The van der Waals surface area contributed by atoms with E-state index in [2.05, 4.69) is 23.8 Å². The maximum Gasteiger partial charge on any atom is 0.277 e. The quantitative estimate of drug-likeness (QED) is 0.531. The summed E-state index contributed by atoms with van der Waals surface area (Å²) in [6.45, 7) is 10.9. The third-order valence-electron chi connectivity index (χ3n) is 5.63. The number of hydrogen-bond acceptors (Lipinski definition) is 5. The first-order valence-electron chi connectivity index (χ1n) is 10.1. The molecule has 2 amide bonds. The molecule has 2 heterocycles. The number of hydrogen-bond donors (Lipinski definition) is 0. The smallest absolute Gasteiger partial charge is 0.277 e. The lowest BCUT2D eigenvalue weighted by Crippen LogP contribution is -2.46. The van der Waals surface area contributed by atoms with Gasteiger partial charge in [0.2, 0.25) is 0 Å². The van der Waals surface area contributed by atoms with Crippen LogP contribution >= 0.6 is 0 Å². The van der Waals surface area contributed by atoms with E-state index >= 15 is 0 Å². The summed E-state index contributed by atoms with van der Waals surface area (Å²) in [5, 5.41) is 0. The van der Waals surface area contributed by atoms with Crippen LogP contribution < -0.4 is 0 Å². The van der Waals surface area contributed by atoms with Crippen molar-refractivity contribution in [2.24, 2.45) is 0 Å². The number of nitrogens with zero attached hydrogens (tertiary/aromatic N) is 3. The van der Waals surface area contributed by atoms with E-state index in [9.17, 15) is 9.59 Å². The van der Waals surface area contributed by atoms with Crippen molar-refractivity contribution in [3.05, 3.63) is 40.6 Å². The number of amides is 2. The molecule has 2 aliphatic rings. The van der Waals surface area contributed by atoms with E-state index in [0.717, 1.165) is 37.3 Å². The van der Waals surface area contributed by atoms with Gasteiger partial charge in [0, 0.05) is 45.9 Å².